The van der Waals surface area contributed by atoms with Crippen LogP contribution >= 0.6 is 0 Å². The zero-order valence-corrected chi connectivity index (χ0v) is 29.3. The zero-order valence-electron chi connectivity index (χ0n) is 29.3. The van der Waals surface area contributed by atoms with Crippen LogP contribution in [-0.2, 0) is 22.7 Å². The average molecular weight is 609 g/mol. The van der Waals surface area contributed by atoms with Crippen molar-refractivity contribution in [1.29, 1.82) is 0 Å². The Labute approximate surface area is 272 Å². The van der Waals surface area contributed by atoms with E-state index in [1.165, 1.54) is 125 Å². The summed E-state index contributed by atoms with van der Waals surface area (Å²) in [6, 6.07) is 17.4. The van der Waals surface area contributed by atoms with Gasteiger partial charge in [0, 0.05) is 13.1 Å². The number of hydrogen-bond donors (Lipinski definition) is 0. The molecule has 250 valence electrons. The van der Waals surface area contributed by atoms with Gasteiger partial charge in [0.2, 0.25) is 0 Å². The van der Waals surface area contributed by atoms with E-state index in [1.807, 2.05) is 0 Å². The fraction of sp³-hybridized carbons (Fsp3) is 0.700. The highest BCUT2D eigenvalue weighted by molar-refractivity contribution is 5.70. The predicted molar refractivity (Wildman–Crippen MR) is 191 cm³/mol. The largest absolute Gasteiger partial charge is 0.375 e. The number of ether oxygens (including phenoxy) is 2. The molecular formula is C40H68N2O2. The molecule has 0 fully saturated rings. The molecular weight excluding hydrogens is 540 g/mol. The van der Waals surface area contributed by atoms with Gasteiger partial charge < -0.3 is 19.3 Å². The van der Waals surface area contributed by atoms with Gasteiger partial charge in [0.15, 0.2) is 0 Å². The smallest absolute Gasteiger partial charge is 0.0723 e. The van der Waals surface area contributed by atoms with Crippen LogP contribution in [0, 0.1) is 0 Å². The second-order valence-electron chi connectivity index (χ2n) is 13.0. The van der Waals surface area contributed by atoms with Crippen molar-refractivity contribution in [3.8, 4) is 11.1 Å². The molecule has 0 aliphatic carbocycles. The van der Waals surface area contributed by atoms with E-state index in [0.29, 0.717) is 13.2 Å². The maximum Gasteiger partial charge on any atom is 0.0723 e. The van der Waals surface area contributed by atoms with Crippen molar-refractivity contribution in [3.63, 3.8) is 0 Å². The third kappa shape index (κ3) is 18.3. The van der Waals surface area contributed by atoms with Crippen molar-refractivity contribution in [2.45, 2.75) is 130 Å². The van der Waals surface area contributed by atoms with Crippen molar-refractivity contribution >= 4 is 0 Å². The van der Waals surface area contributed by atoms with Crippen molar-refractivity contribution in [2.24, 2.45) is 0 Å². The van der Waals surface area contributed by atoms with Crippen molar-refractivity contribution in [1.82, 2.24) is 9.80 Å². The lowest BCUT2D eigenvalue weighted by Gasteiger charge is -2.18. The number of likely N-dealkylation sites (N-methyl/N-ethyl adjacent to an activating group) is 2. The molecule has 0 heterocycles. The van der Waals surface area contributed by atoms with Crippen LogP contribution in [0.4, 0.5) is 0 Å². The third-order valence-electron chi connectivity index (χ3n) is 8.86. The summed E-state index contributed by atoms with van der Waals surface area (Å²) in [7, 11) is 4.45. The first-order valence-electron chi connectivity index (χ1n) is 18.3. The Hall–Kier alpha value is -1.72. The summed E-state index contributed by atoms with van der Waals surface area (Å²) in [6.45, 7) is 11.7. The lowest BCUT2D eigenvalue weighted by Crippen LogP contribution is -2.24. The topological polar surface area (TPSA) is 24.9 Å². The third-order valence-corrected chi connectivity index (χ3v) is 8.86. The molecule has 0 saturated carbocycles. The Bertz CT molecular complexity index is 858. The molecule has 4 heteroatoms. The standard InChI is InChI=1S/C40H68N2O2/c1-5-7-9-11-13-15-17-23-29-41(3)31-33-43-35-37-25-19-21-27-39(37)40-28-22-20-26-38(40)36-44-34-32-42(4)30-24-18-16-14-12-10-8-6-2/h19-22,25-28H,5-18,23-24,29-36H2,1-4H3. The van der Waals surface area contributed by atoms with Gasteiger partial charge in [0.05, 0.1) is 26.4 Å². The van der Waals surface area contributed by atoms with Crippen LogP contribution in [0.5, 0.6) is 0 Å². The van der Waals surface area contributed by atoms with E-state index in [2.05, 4.69) is 86.3 Å². The van der Waals surface area contributed by atoms with Crippen LogP contribution < -0.4 is 0 Å². The number of hydrogen-bond acceptors (Lipinski definition) is 4. The van der Waals surface area contributed by atoms with Crippen molar-refractivity contribution in [3.05, 3.63) is 59.7 Å². The molecule has 0 spiro atoms. The van der Waals surface area contributed by atoms with Crippen molar-refractivity contribution in [2.75, 3.05) is 53.5 Å². The molecule has 44 heavy (non-hydrogen) atoms. The normalized spacial score (nSPS) is 11.7. The summed E-state index contributed by atoms with van der Waals surface area (Å²) in [5.41, 5.74) is 5.00. The van der Waals surface area contributed by atoms with Gasteiger partial charge in [-0.2, -0.15) is 0 Å². The second kappa shape index (κ2) is 26.5. The summed E-state index contributed by atoms with van der Waals surface area (Å²) in [5, 5.41) is 0. The van der Waals surface area contributed by atoms with Crippen LogP contribution in [0.1, 0.15) is 128 Å². The van der Waals surface area contributed by atoms with Crippen LogP contribution in [0.15, 0.2) is 48.5 Å². The zero-order chi connectivity index (χ0) is 31.5. The number of rotatable bonds is 29. The molecule has 0 aromatic heterocycles. The molecule has 0 N–H and O–H groups in total. The molecule has 2 rings (SSSR count). The fourth-order valence-corrected chi connectivity index (χ4v) is 5.88. The summed E-state index contributed by atoms with van der Waals surface area (Å²) in [4.78, 5) is 4.84. The van der Waals surface area contributed by atoms with E-state index < -0.39 is 0 Å². The summed E-state index contributed by atoms with van der Waals surface area (Å²) in [5.74, 6) is 0. The minimum Gasteiger partial charge on any atom is -0.375 e. The lowest BCUT2D eigenvalue weighted by molar-refractivity contribution is 0.0985. The predicted octanol–water partition coefficient (Wildman–Crippen LogP) is 10.5. The maximum absolute atomic E-state index is 6.19. The molecule has 2 aromatic carbocycles. The average Bonchev–Trinajstić information content (AvgIpc) is 3.04. The van der Waals surface area contributed by atoms with E-state index >= 15 is 0 Å². The highest BCUT2D eigenvalue weighted by Gasteiger charge is 2.10. The molecule has 0 unspecified atom stereocenters. The van der Waals surface area contributed by atoms with Crippen LogP contribution in [0.25, 0.3) is 11.1 Å². The SMILES string of the molecule is CCCCCCCCCCN(C)CCOCc1ccccc1-c1ccccc1COCCN(C)CCCCCCCCCC. The second-order valence-corrected chi connectivity index (χ2v) is 13.0. The van der Waals surface area contributed by atoms with Gasteiger partial charge in [-0.3, -0.25) is 0 Å². The summed E-state index contributed by atoms with van der Waals surface area (Å²) in [6.07, 6.45) is 21.9. The molecule has 0 aliphatic heterocycles. The first-order valence-corrected chi connectivity index (χ1v) is 18.3. The maximum atomic E-state index is 6.19. The van der Waals surface area contributed by atoms with Crippen LogP contribution in [0.2, 0.25) is 0 Å². The van der Waals surface area contributed by atoms with Gasteiger partial charge in [0.25, 0.3) is 0 Å². The molecule has 0 bridgehead atoms. The summed E-state index contributed by atoms with van der Waals surface area (Å²) < 4.78 is 12.4. The molecule has 4 nitrogen and oxygen atoms in total. The van der Waals surface area contributed by atoms with E-state index in [-0.39, 0.29) is 0 Å². The number of nitrogens with zero attached hydrogens (tertiary/aromatic N) is 2. The Balaban J connectivity index is 1.67. The first kappa shape index (κ1) is 38.5. The van der Waals surface area contributed by atoms with Gasteiger partial charge in [0.1, 0.15) is 0 Å². The Morgan fingerprint density at radius 2 is 0.773 bits per heavy atom. The highest BCUT2D eigenvalue weighted by atomic mass is 16.5. The molecule has 0 amide bonds. The Kier molecular flexibility index (Phi) is 23.2. The van der Waals surface area contributed by atoms with Crippen LogP contribution in [0.3, 0.4) is 0 Å². The van der Waals surface area contributed by atoms with E-state index in [9.17, 15) is 0 Å². The van der Waals surface area contributed by atoms with Gasteiger partial charge >= 0.3 is 0 Å². The monoisotopic (exact) mass is 609 g/mol. The van der Waals surface area contributed by atoms with Crippen molar-refractivity contribution < 1.29 is 9.47 Å². The minimum absolute atomic E-state index is 0.639. The number of unbranched alkanes of at least 4 members (excludes halogenated alkanes) is 14. The lowest BCUT2D eigenvalue weighted by atomic mass is 9.96. The molecule has 2 aromatic rings. The van der Waals surface area contributed by atoms with E-state index in [1.54, 1.807) is 0 Å². The number of benzene rings is 2. The summed E-state index contributed by atoms with van der Waals surface area (Å²) >= 11 is 0. The first-order chi connectivity index (χ1) is 21.7. The van der Waals surface area contributed by atoms with Crippen LogP contribution in [-0.4, -0.2) is 63.3 Å². The molecule has 0 radical (unpaired) electrons. The Morgan fingerprint density at radius 3 is 1.16 bits per heavy atom. The van der Waals surface area contributed by atoms with Gasteiger partial charge in [-0.25, -0.2) is 0 Å². The highest BCUT2D eigenvalue weighted by Crippen LogP contribution is 2.28. The van der Waals surface area contributed by atoms with E-state index in [0.717, 1.165) is 39.4 Å². The quantitative estimate of drug-likeness (QED) is 0.0858. The molecule has 0 atom stereocenters. The van der Waals surface area contributed by atoms with E-state index in [4.69, 9.17) is 9.47 Å². The fourth-order valence-electron chi connectivity index (χ4n) is 5.88. The molecule has 0 saturated heterocycles. The van der Waals surface area contributed by atoms with Gasteiger partial charge in [-0.05, 0) is 62.3 Å². The Morgan fingerprint density at radius 1 is 0.432 bits per heavy atom. The van der Waals surface area contributed by atoms with Gasteiger partial charge in [-0.1, -0.05) is 152 Å². The molecule has 0 aliphatic rings. The van der Waals surface area contributed by atoms with Gasteiger partial charge in [-0.15, -0.1) is 0 Å². The minimum atomic E-state index is 0.639.